The average Bonchev–Trinajstić information content (AvgIpc) is 2.72. The van der Waals surface area contributed by atoms with Crippen LogP contribution in [-0.2, 0) is 0 Å². The van der Waals surface area contributed by atoms with Gasteiger partial charge in [0, 0.05) is 5.38 Å². The van der Waals surface area contributed by atoms with Gasteiger partial charge in [0.25, 0.3) is 0 Å². The molecule has 0 aliphatic carbocycles. The third kappa shape index (κ3) is 2.00. The van der Waals surface area contributed by atoms with Gasteiger partial charge >= 0.3 is 7.40 Å². The lowest BCUT2D eigenvalue weighted by Crippen LogP contribution is -2.07. The van der Waals surface area contributed by atoms with E-state index in [0.29, 0.717) is 11.3 Å². The summed E-state index contributed by atoms with van der Waals surface area (Å²) in [5.41, 5.74) is 0.568. The van der Waals surface area contributed by atoms with E-state index in [1.165, 1.54) is 11.3 Å². The van der Waals surface area contributed by atoms with E-state index in [2.05, 4.69) is 0 Å². The molecule has 70 valence electrons. The third-order valence-corrected chi connectivity index (χ3v) is 2.38. The second-order valence-electron chi connectivity index (χ2n) is 2.71. The lowest BCUT2D eigenvalue weighted by molar-refractivity contribution is 0.0735. The van der Waals surface area contributed by atoms with E-state index in [9.17, 15) is 4.79 Å². The van der Waals surface area contributed by atoms with Gasteiger partial charge in [-0.25, -0.2) is 4.79 Å². The summed E-state index contributed by atoms with van der Waals surface area (Å²) in [6.45, 7) is 0. The Kier molecular flexibility index (Phi) is 2.60. The van der Waals surface area contributed by atoms with Gasteiger partial charge in [0.2, 0.25) is 0 Å². The average molecular weight is 205 g/mol. The summed E-state index contributed by atoms with van der Waals surface area (Å²) in [5.74, 6) is 0.285. The SMILES string of the molecule is O=C(Oc1ccsc1)c1ccccc1.[H+]. The number of hydrogen-bond donors (Lipinski definition) is 0. The van der Waals surface area contributed by atoms with Crippen molar-refractivity contribution in [3.8, 4) is 5.75 Å². The van der Waals surface area contributed by atoms with E-state index in [1.54, 1.807) is 23.6 Å². The quantitative estimate of drug-likeness (QED) is 0.704. The van der Waals surface area contributed by atoms with Gasteiger partial charge in [0.15, 0.2) is 0 Å². The first-order valence-corrected chi connectivity index (χ1v) is 5.10. The predicted molar refractivity (Wildman–Crippen MR) is 56.8 cm³/mol. The zero-order valence-corrected chi connectivity index (χ0v) is 8.16. The van der Waals surface area contributed by atoms with Crippen LogP contribution in [0.4, 0.5) is 0 Å². The highest BCUT2D eigenvalue weighted by atomic mass is 32.1. The Morgan fingerprint density at radius 1 is 1.21 bits per heavy atom. The summed E-state index contributed by atoms with van der Waals surface area (Å²) in [6.07, 6.45) is 0. The molecule has 14 heavy (non-hydrogen) atoms. The largest absolute Gasteiger partial charge is 1.00 e. The fraction of sp³-hybridized carbons (Fsp3) is 0. The standard InChI is InChI=1S/C11H8O2S/c12-11(9-4-2-1-3-5-9)13-10-6-7-14-8-10/h1-8H/p+1. The number of carbonyl (C=O) groups is 1. The Labute approximate surface area is 87.3 Å². The lowest BCUT2D eigenvalue weighted by atomic mass is 10.2. The number of thiophene rings is 1. The molecule has 1 aromatic heterocycles. The summed E-state index contributed by atoms with van der Waals surface area (Å²) in [7, 11) is 0. The number of esters is 1. The van der Waals surface area contributed by atoms with Crippen LogP contribution >= 0.6 is 11.3 Å². The molecule has 1 heterocycles. The molecule has 3 heteroatoms. The van der Waals surface area contributed by atoms with E-state index < -0.39 is 0 Å². The summed E-state index contributed by atoms with van der Waals surface area (Å²) in [4.78, 5) is 11.5. The molecule has 0 saturated heterocycles. The zero-order valence-electron chi connectivity index (χ0n) is 8.34. The molecule has 2 rings (SSSR count). The molecule has 2 aromatic rings. The maximum absolute atomic E-state index is 11.5. The van der Waals surface area contributed by atoms with Gasteiger partial charge in [0.05, 0.1) is 5.56 Å². The Balaban J connectivity index is 0.00000112. The summed E-state index contributed by atoms with van der Waals surface area (Å²) >= 11 is 1.50. The minimum atomic E-state index is -0.316. The molecule has 0 atom stereocenters. The van der Waals surface area contributed by atoms with Crippen molar-refractivity contribution in [3.63, 3.8) is 0 Å². The highest BCUT2D eigenvalue weighted by Gasteiger charge is 2.06. The van der Waals surface area contributed by atoms with Crippen molar-refractivity contribution in [2.45, 2.75) is 0 Å². The molecule has 0 radical (unpaired) electrons. The van der Waals surface area contributed by atoms with Crippen molar-refractivity contribution in [1.29, 1.82) is 0 Å². The minimum Gasteiger partial charge on any atom is -0.422 e. The summed E-state index contributed by atoms with van der Waals surface area (Å²) < 4.78 is 5.11. The minimum absolute atomic E-state index is 0. The van der Waals surface area contributed by atoms with Gasteiger partial charge < -0.3 is 4.74 Å². The maximum Gasteiger partial charge on any atom is 1.00 e. The molecule has 1 aromatic carbocycles. The van der Waals surface area contributed by atoms with Crippen LogP contribution in [0.25, 0.3) is 0 Å². The second-order valence-corrected chi connectivity index (χ2v) is 3.49. The Morgan fingerprint density at radius 3 is 2.64 bits per heavy atom. The van der Waals surface area contributed by atoms with Crippen LogP contribution in [0, 0.1) is 0 Å². The molecule has 0 N–H and O–H groups in total. The van der Waals surface area contributed by atoms with Gasteiger partial charge in [-0.05, 0) is 23.6 Å². The second kappa shape index (κ2) is 4.07. The third-order valence-electron chi connectivity index (χ3n) is 1.72. The summed E-state index contributed by atoms with van der Waals surface area (Å²) in [5, 5.41) is 3.66. The van der Waals surface area contributed by atoms with Crippen LogP contribution in [0.2, 0.25) is 0 Å². The number of benzene rings is 1. The predicted octanol–water partition coefficient (Wildman–Crippen LogP) is 3.08. The van der Waals surface area contributed by atoms with Gasteiger partial charge in [0.1, 0.15) is 5.75 Å². The first-order valence-electron chi connectivity index (χ1n) is 4.16. The van der Waals surface area contributed by atoms with Crippen molar-refractivity contribution in [3.05, 3.63) is 52.7 Å². The maximum atomic E-state index is 11.5. The highest BCUT2D eigenvalue weighted by molar-refractivity contribution is 7.08. The van der Waals surface area contributed by atoms with Gasteiger partial charge in [-0.2, -0.15) is 0 Å². The molecule has 0 aliphatic rings. The van der Waals surface area contributed by atoms with Crippen LogP contribution in [0.15, 0.2) is 47.2 Å². The van der Waals surface area contributed by atoms with Crippen molar-refractivity contribution in [1.82, 2.24) is 0 Å². The van der Waals surface area contributed by atoms with Crippen molar-refractivity contribution in [2.75, 3.05) is 0 Å². The highest BCUT2D eigenvalue weighted by Crippen LogP contribution is 2.16. The molecule has 0 bridgehead atoms. The fourth-order valence-electron chi connectivity index (χ4n) is 1.05. The van der Waals surface area contributed by atoms with E-state index in [-0.39, 0.29) is 7.40 Å². The van der Waals surface area contributed by atoms with E-state index >= 15 is 0 Å². The molecular weight excluding hydrogens is 196 g/mol. The topological polar surface area (TPSA) is 26.3 Å². The molecule has 0 unspecified atom stereocenters. The number of rotatable bonds is 2. The number of ether oxygens (including phenoxy) is 1. The molecule has 0 fully saturated rings. The molecule has 2 nitrogen and oxygen atoms in total. The van der Waals surface area contributed by atoms with Gasteiger partial charge in [-0.15, -0.1) is 11.3 Å². The smallest absolute Gasteiger partial charge is 0.422 e. The lowest BCUT2D eigenvalue weighted by Gasteiger charge is -2.00. The van der Waals surface area contributed by atoms with Gasteiger partial charge in [-0.3, -0.25) is 0 Å². The van der Waals surface area contributed by atoms with Crippen molar-refractivity contribution < 1.29 is 11.0 Å². The zero-order chi connectivity index (χ0) is 9.80. The summed E-state index contributed by atoms with van der Waals surface area (Å²) in [6, 6.07) is 10.7. The number of hydrogen-bond acceptors (Lipinski definition) is 3. The monoisotopic (exact) mass is 205 g/mol. The van der Waals surface area contributed by atoms with E-state index in [4.69, 9.17) is 4.74 Å². The fourth-order valence-corrected chi connectivity index (χ4v) is 1.60. The first-order chi connectivity index (χ1) is 6.86. The van der Waals surface area contributed by atoms with Crippen molar-refractivity contribution in [2.24, 2.45) is 0 Å². The molecule has 0 spiro atoms. The first kappa shape index (κ1) is 8.97. The van der Waals surface area contributed by atoms with Crippen LogP contribution in [-0.4, -0.2) is 5.97 Å². The van der Waals surface area contributed by atoms with Crippen molar-refractivity contribution >= 4 is 17.3 Å². The van der Waals surface area contributed by atoms with Crippen LogP contribution in [0.3, 0.4) is 0 Å². The molecule has 0 saturated carbocycles. The number of carbonyl (C=O) groups excluding carboxylic acids is 1. The Hall–Kier alpha value is -1.61. The molecule has 0 amide bonds. The Morgan fingerprint density at radius 2 is 2.00 bits per heavy atom. The van der Waals surface area contributed by atoms with E-state index in [0.717, 1.165) is 0 Å². The molecular formula is C11H9O2S+. The van der Waals surface area contributed by atoms with Gasteiger partial charge in [-0.1, -0.05) is 18.2 Å². The van der Waals surface area contributed by atoms with Crippen LogP contribution < -0.4 is 4.74 Å². The normalized spacial score (nSPS) is 9.71. The molecule has 0 aliphatic heterocycles. The Bertz CT molecular complexity index is 411. The van der Waals surface area contributed by atoms with Crippen LogP contribution in [0.5, 0.6) is 5.75 Å². The van der Waals surface area contributed by atoms with Crippen LogP contribution in [0.1, 0.15) is 11.8 Å². The van der Waals surface area contributed by atoms with E-state index in [1.807, 2.05) is 23.6 Å².